The van der Waals surface area contributed by atoms with Crippen molar-refractivity contribution in [3.8, 4) is 17.2 Å². The Bertz CT molecular complexity index is 1020. The number of hydrogen-bond donors (Lipinski definition) is 2. The summed E-state index contributed by atoms with van der Waals surface area (Å²) in [4.78, 5) is 3.64. The van der Waals surface area contributed by atoms with Crippen LogP contribution in [0.1, 0.15) is 48.5 Å². The third kappa shape index (κ3) is 3.33. The Balaban J connectivity index is 1.50. The summed E-state index contributed by atoms with van der Waals surface area (Å²) in [6.07, 6.45) is 6.10. The maximum absolute atomic E-state index is 6.22. The second-order valence-electron chi connectivity index (χ2n) is 8.00. The van der Waals surface area contributed by atoms with Crippen LogP contribution in [0, 0.1) is 0 Å². The fourth-order valence-corrected chi connectivity index (χ4v) is 4.77. The van der Waals surface area contributed by atoms with E-state index in [1.54, 1.807) is 14.2 Å². The molecule has 0 bridgehead atoms. The van der Waals surface area contributed by atoms with Gasteiger partial charge < -0.3 is 24.5 Å². The van der Waals surface area contributed by atoms with Crippen LogP contribution in [0.5, 0.6) is 17.2 Å². The lowest BCUT2D eigenvalue weighted by Gasteiger charge is -2.26. The van der Waals surface area contributed by atoms with Gasteiger partial charge in [-0.1, -0.05) is 6.07 Å². The van der Waals surface area contributed by atoms with Crippen molar-refractivity contribution in [3.63, 3.8) is 0 Å². The number of nitrogens with one attached hydrogen (secondary N) is 2. The zero-order chi connectivity index (χ0) is 19.8. The molecule has 0 amide bonds. The van der Waals surface area contributed by atoms with Crippen LogP contribution < -0.4 is 19.5 Å². The first kappa shape index (κ1) is 18.4. The van der Waals surface area contributed by atoms with Crippen molar-refractivity contribution in [2.75, 3.05) is 20.8 Å². The lowest BCUT2D eigenvalue weighted by molar-refractivity contribution is 0.200. The molecule has 2 N–H and O–H groups in total. The van der Waals surface area contributed by atoms with Crippen LogP contribution in [0.4, 0.5) is 0 Å². The number of methoxy groups -OCH3 is 2. The Morgan fingerprint density at radius 1 is 0.931 bits per heavy atom. The highest BCUT2D eigenvalue weighted by Crippen LogP contribution is 2.38. The number of aromatic nitrogens is 1. The number of H-pyrrole nitrogens is 1. The Hall–Kier alpha value is -2.66. The fourth-order valence-electron chi connectivity index (χ4n) is 4.77. The molecule has 5 nitrogen and oxygen atoms in total. The number of ether oxygens (including phenoxy) is 3. The topological polar surface area (TPSA) is 55.5 Å². The highest BCUT2D eigenvalue weighted by atomic mass is 16.5. The van der Waals surface area contributed by atoms with Crippen LogP contribution >= 0.6 is 0 Å². The average Bonchev–Trinajstić information content (AvgIpc) is 3.41. The van der Waals surface area contributed by atoms with Crippen molar-refractivity contribution in [1.82, 2.24) is 10.3 Å². The van der Waals surface area contributed by atoms with E-state index < -0.39 is 0 Å². The van der Waals surface area contributed by atoms with E-state index in [2.05, 4.69) is 40.6 Å². The Kier molecular flexibility index (Phi) is 4.84. The molecular weight excluding hydrogens is 364 g/mol. The summed E-state index contributed by atoms with van der Waals surface area (Å²) in [5.41, 5.74) is 4.93. The summed E-state index contributed by atoms with van der Waals surface area (Å²) in [5.74, 6) is 2.55. The Morgan fingerprint density at radius 3 is 2.59 bits per heavy atom. The summed E-state index contributed by atoms with van der Waals surface area (Å²) < 4.78 is 17.3. The van der Waals surface area contributed by atoms with Gasteiger partial charge in [0.2, 0.25) is 0 Å². The van der Waals surface area contributed by atoms with Gasteiger partial charge in [0, 0.05) is 23.1 Å². The summed E-state index contributed by atoms with van der Waals surface area (Å²) in [7, 11) is 3.43. The molecule has 1 unspecified atom stereocenters. The lowest BCUT2D eigenvalue weighted by Crippen LogP contribution is -2.30. The molecule has 0 radical (unpaired) electrons. The maximum Gasteiger partial charge on any atom is 0.161 e. The summed E-state index contributed by atoms with van der Waals surface area (Å²) in [5, 5.41) is 4.92. The van der Waals surface area contributed by atoms with E-state index in [1.165, 1.54) is 35.0 Å². The second-order valence-corrected chi connectivity index (χ2v) is 8.00. The Labute approximate surface area is 171 Å². The van der Waals surface area contributed by atoms with Crippen molar-refractivity contribution in [2.24, 2.45) is 0 Å². The standard InChI is InChI=1S/C24H28N2O3/c1-27-17-8-9-20-19(14-17)18-11-12-25-23(24(18)26-20)15-7-10-21(22(13-15)28-2)29-16-5-3-4-6-16/h7-10,13-14,16,23,25-26H,3-6,11-12H2,1-2H3. The minimum atomic E-state index is 0.103. The molecule has 5 heteroatoms. The van der Waals surface area contributed by atoms with E-state index >= 15 is 0 Å². The summed E-state index contributed by atoms with van der Waals surface area (Å²) in [6, 6.07) is 12.7. The van der Waals surface area contributed by atoms with E-state index in [4.69, 9.17) is 14.2 Å². The van der Waals surface area contributed by atoms with Gasteiger partial charge in [-0.2, -0.15) is 0 Å². The molecule has 1 aromatic heterocycles. The Morgan fingerprint density at radius 2 is 1.79 bits per heavy atom. The molecule has 2 aliphatic rings. The molecule has 0 saturated heterocycles. The van der Waals surface area contributed by atoms with E-state index in [0.29, 0.717) is 6.10 Å². The van der Waals surface area contributed by atoms with Crippen LogP contribution in [0.2, 0.25) is 0 Å². The van der Waals surface area contributed by atoms with Gasteiger partial charge in [-0.05, 0) is 73.6 Å². The van der Waals surface area contributed by atoms with Crippen molar-refractivity contribution in [2.45, 2.75) is 44.2 Å². The van der Waals surface area contributed by atoms with Crippen LogP contribution in [-0.4, -0.2) is 31.9 Å². The third-order valence-electron chi connectivity index (χ3n) is 6.28. The van der Waals surface area contributed by atoms with Gasteiger partial charge in [-0.15, -0.1) is 0 Å². The molecule has 1 fully saturated rings. The molecule has 1 aliphatic heterocycles. The number of benzene rings is 2. The molecule has 29 heavy (non-hydrogen) atoms. The predicted molar refractivity (Wildman–Crippen MR) is 114 cm³/mol. The van der Waals surface area contributed by atoms with Crippen molar-refractivity contribution >= 4 is 10.9 Å². The maximum atomic E-state index is 6.22. The van der Waals surface area contributed by atoms with Gasteiger partial charge in [-0.3, -0.25) is 0 Å². The molecule has 0 spiro atoms. The van der Waals surface area contributed by atoms with Gasteiger partial charge in [-0.25, -0.2) is 0 Å². The molecule has 152 valence electrons. The number of aromatic amines is 1. The number of fused-ring (bicyclic) bond motifs is 3. The predicted octanol–water partition coefficient (Wildman–Crippen LogP) is 4.74. The van der Waals surface area contributed by atoms with Crippen molar-refractivity contribution in [1.29, 1.82) is 0 Å². The van der Waals surface area contributed by atoms with Gasteiger partial charge in [0.25, 0.3) is 0 Å². The smallest absolute Gasteiger partial charge is 0.161 e. The summed E-state index contributed by atoms with van der Waals surface area (Å²) in [6.45, 7) is 0.935. The lowest BCUT2D eigenvalue weighted by atomic mass is 9.94. The monoisotopic (exact) mass is 392 g/mol. The van der Waals surface area contributed by atoms with E-state index in [-0.39, 0.29) is 6.04 Å². The molecule has 3 aromatic rings. The molecule has 1 saturated carbocycles. The van der Waals surface area contributed by atoms with E-state index in [1.807, 2.05) is 6.07 Å². The SMILES string of the molecule is COc1ccc2[nH]c3c(c2c1)CCNC3c1ccc(OC2CCCC2)c(OC)c1. The van der Waals surface area contributed by atoms with Crippen LogP contribution in [0.15, 0.2) is 36.4 Å². The van der Waals surface area contributed by atoms with Gasteiger partial charge >= 0.3 is 0 Å². The van der Waals surface area contributed by atoms with Crippen LogP contribution in [0.3, 0.4) is 0 Å². The highest BCUT2D eigenvalue weighted by Gasteiger charge is 2.27. The zero-order valence-electron chi connectivity index (χ0n) is 17.1. The van der Waals surface area contributed by atoms with E-state index in [9.17, 15) is 0 Å². The third-order valence-corrected chi connectivity index (χ3v) is 6.28. The zero-order valence-corrected chi connectivity index (χ0v) is 17.1. The number of rotatable bonds is 5. The van der Waals surface area contributed by atoms with Crippen molar-refractivity contribution in [3.05, 3.63) is 53.2 Å². The second kappa shape index (κ2) is 7.64. The average molecular weight is 392 g/mol. The minimum Gasteiger partial charge on any atom is -0.497 e. The van der Waals surface area contributed by atoms with E-state index in [0.717, 1.165) is 48.6 Å². The highest BCUT2D eigenvalue weighted by molar-refractivity contribution is 5.86. The summed E-state index contributed by atoms with van der Waals surface area (Å²) >= 11 is 0. The van der Waals surface area contributed by atoms with Gasteiger partial charge in [0.15, 0.2) is 11.5 Å². The van der Waals surface area contributed by atoms with Crippen LogP contribution in [0.25, 0.3) is 10.9 Å². The first-order chi connectivity index (χ1) is 14.3. The molecule has 1 atom stereocenters. The van der Waals surface area contributed by atoms with Crippen molar-refractivity contribution < 1.29 is 14.2 Å². The molecular formula is C24H28N2O3. The van der Waals surface area contributed by atoms with Crippen LogP contribution in [-0.2, 0) is 6.42 Å². The first-order valence-corrected chi connectivity index (χ1v) is 10.5. The fraction of sp³-hybridized carbons (Fsp3) is 0.417. The van der Waals surface area contributed by atoms with Gasteiger partial charge in [0.1, 0.15) is 5.75 Å². The molecule has 2 heterocycles. The largest absolute Gasteiger partial charge is 0.497 e. The molecule has 5 rings (SSSR count). The normalized spacial score (nSPS) is 19.3. The first-order valence-electron chi connectivity index (χ1n) is 10.5. The number of hydrogen-bond acceptors (Lipinski definition) is 4. The quantitative estimate of drug-likeness (QED) is 0.658. The molecule has 1 aliphatic carbocycles. The van der Waals surface area contributed by atoms with Gasteiger partial charge in [0.05, 0.1) is 26.4 Å². The molecule has 2 aromatic carbocycles. The minimum absolute atomic E-state index is 0.103.